The van der Waals surface area contributed by atoms with Crippen LogP contribution in [-0.2, 0) is 0 Å². The molecule has 186 valence electrons. The van der Waals surface area contributed by atoms with Crippen molar-refractivity contribution in [1.82, 2.24) is 30.9 Å². The maximum Gasteiger partial charge on any atom is 0.320 e. The van der Waals surface area contributed by atoms with Gasteiger partial charge < -0.3 is 20.0 Å². The van der Waals surface area contributed by atoms with Crippen molar-refractivity contribution < 1.29 is 9.59 Å². The SMILES string of the molecule is CC1(C)C2NNC(NC(=O)c3ccc(Cl)cc3)C2CN1C(=O)N1CCC(CN2CCCC2)CC1. The highest BCUT2D eigenvalue weighted by atomic mass is 35.5. The lowest BCUT2D eigenvalue weighted by Gasteiger charge is -2.41. The molecule has 0 bridgehead atoms. The van der Waals surface area contributed by atoms with Gasteiger partial charge >= 0.3 is 6.03 Å². The molecule has 0 aliphatic carbocycles. The van der Waals surface area contributed by atoms with Crippen molar-refractivity contribution in [3.63, 3.8) is 0 Å². The van der Waals surface area contributed by atoms with Crippen LogP contribution in [0.25, 0.3) is 0 Å². The number of nitrogens with zero attached hydrogens (tertiary/aromatic N) is 3. The first-order chi connectivity index (χ1) is 16.3. The van der Waals surface area contributed by atoms with Crippen LogP contribution in [0.4, 0.5) is 4.79 Å². The van der Waals surface area contributed by atoms with Crippen molar-refractivity contribution in [2.75, 3.05) is 39.3 Å². The smallest absolute Gasteiger partial charge is 0.320 e. The van der Waals surface area contributed by atoms with E-state index in [9.17, 15) is 9.59 Å². The van der Waals surface area contributed by atoms with Gasteiger partial charge in [-0.05, 0) is 82.8 Å². The molecule has 3 N–H and O–H groups in total. The van der Waals surface area contributed by atoms with Crippen LogP contribution in [0.2, 0.25) is 5.02 Å². The number of likely N-dealkylation sites (tertiary alicyclic amines) is 3. The highest BCUT2D eigenvalue weighted by Gasteiger charge is 2.56. The molecule has 4 saturated heterocycles. The quantitative estimate of drug-likeness (QED) is 0.607. The fourth-order valence-electron chi connectivity index (χ4n) is 6.21. The van der Waals surface area contributed by atoms with Crippen molar-refractivity contribution in [2.45, 2.75) is 57.3 Å². The summed E-state index contributed by atoms with van der Waals surface area (Å²) in [5.74, 6) is 0.633. The highest BCUT2D eigenvalue weighted by molar-refractivity contribution is 6.30. The number of urea groups is 1. The molecule has 0 radical (unpaired) electrons. The van der Waals surface area contributed by atoms with Crippen LogP contribution in [-0.4, -0.2) is 83.7 Å². The Kier molecular flexibility index (Phi) is 6.77. The van der Waals surface area contributed by atoms with Gasteiger partial charge in [-0.2, -0.15) is 0 Å². The van der Waals surface area contributed by atoms with Crippen LogP contribution in [0.1, 0.15) is 49.9 Å². The Morgan fingerprint density at radius 3 is 2.41 bits per heavy atom. The van der Waals surface area contributed by atoms with Gasteiger partial charge in [-0.3, -0.25) is 10.2 Å². The largest absolute Gasteiger partial charge is 0.335 e. The Morgan fingerprint density at radius 2 is 1.74 bits per heavy atom. The summed E-state index contributed by atoms with van der Waals surface area (Å²) in [5.41, 5.74) is 6.80. The Hall–Kier alpha value is -1.87. The van der Waals surface area contributed by atoms with Crippen LogP contribution in [0.5, 0.6) is 0 Å². The molecule has 5 rings (SSSR count). The van der Waals surface area contributed by atoms with E-state index in [1.807, 2.05) is 9.80 Å². The Bertz CT molecular complexity index is 895. The fraction of sp³-hybridized carbons (Fsp3) is 0.680. The summed E-state index contributed by atoms with van der Waals surface area (Å²) in [6.45, 7) is 10.2. The van der Waals surface area contributed by atoms with Gasteiger partial charge in [0.1, 0.15) is 0 Å². The molecule has 4 aliphatic heterocycles. The van der Waals surface area contributed by atoms with E-state index >= 15 is 0 Å². The summed E-state index contributed by atoms with van der Waals surface area (Å²) in [6.07, 6.45) is 4.57. The number of carbonyl (C=O) groups is 2. The zero-order valence-electron chi connectivity index (χ0n) is 20.2. The second-order valence-corrected chi connectivity index (χ2v) is 11.3. The van der Waals surface area contributed by atoms with E-state index in [0.29, 0.717) is 23.0 Å². The summed E-state index contributed by atoms with van der Waals surface area (Å²) in [6, 6.07) is 7.06. The number of rotatable bonds is 4. The third kappa shape index (κ3) is 4.65. The number of hydrogen-bond acceptors (Lipinski definition) is 5. The Morgan fingerprint density at radius 1 is 1.06 bits per heavy atom. The predicted molar refractivity (Wildman–Crippen MR) is 132 cm³/mol. The van der Waals surface area contributed by atoms with Gasteiger partial charge in [-0.1, -0.05) is 11.6 Å². The first-order valence-electron chi connectivity index (χ1n) is 12.7. The number of fused-ring (bicyclic) bond motifs is 1. The third-order valence-electron chi connectivity index (χ3n) is 8.32. The normalized spacial score (nSPS) is 29.4. The topological polar surface area (TPSA) is 79.9 Å². The highest BCUT2D eigenvalue weighted by Crippen LogP contribution is 2.38. The van der Waals surface area contributed by atoms with Crippen LogP contribution >= 0.6 is 11.6 Å². The molecule has 0 spiro atoms. The van der Waals surface area contributed by atoms with E-state index in [1.165, 1.54) is 32.5 Å². The molecule has 4 aliphatic rings. The van der Waals surface area contributed by atoms with Gasteiger partial charge in [0.15, 0.2) is 0 Å². The second kappa shape index (κ2) is 9.64. The molecule has 3 amide bonds. The Balaban J connectivity index is 1.18. The number of halogens is 1. The van der Waals surface area contributed by atoms with Crippen LogP contribution < -0.4 is 16.2 Å². The summed E-state index contributed by atoms with van der Waals surface area (Å²) >= 11 is 5.95. The second-order valence-electron chi connectivity index (χ2n) is 10.9. The molecule has 4 heterocycles. The number of benzene rings is 1. The fourth-order valence-corrected chi connectivity index (χ4v) is 6.34. The molecule has 0 saturated carbocycles. The zero-order valence-corrected chi connectivity index (χ0v) is 21.0. The van der Waals surface area contributed by atoms with Crippen molar-refractivity contribution >= 4 is 23.5 Å². The summed E-state index contributed by atoms with van der Waals surface area (Å²) < 4.78 is 0. The number of amides is 3. The third-order valence-corrected chi connectivity index (χ3v) is 8.58. The van der Waals surface area contributed by atoms with Crippen LogP contribution in [0.15, 0.2) is 24.3 Å². The van der Waals surface area contributed by atoms with Crippen molar-refractivity contribution in [1.29, 1.82) is 0 Å². The molecular formula is C25H37ClN6O2. The van der Waals surface area contributed by atoms with Gasteiger partial charge in [0.25, 0.3) is 5.91 Å². The summed E-state index contributed by atoms with van der Waals surface area (Å²) in [5, 5.41) is 3.69. The minimum absolute atomic E-state index is 0.0553. The first kappa shape index (κ1) is 23.9. The van der Waals surface area contributed by atoms with Gasteiger partial charge in [-0.25, -0.2) is 10.2 Å². The molecule has 1 aromatic rings. The number of hydrogen-bond donors (Lipinski definition) is 3. The zero-order chi connectivity index (χ0) is 23.9. The number of piperidine rings is 1. The van der Waals surface area contributed by atoms with Crippen molar-refractivity contribution in [3.8, 4) is 0 Å². The minimum Gasteiger partial charge on any atom is -0.335 e. The molecular weight excluding hydrogens is 452 g/mol. The van der Waals surface area contributed by atoms with Gasteiger partial charge in [0.05, 0.1) is 17.7 Å². The maximum atomic E-state index is 13.6. The lowest BCUT2D eigenvalue weighted by molar-refractivity contribution is 0.0906. The van der Waals surface area contributed by atoms with Gasteiger partial charge in [-0.15, -0.1) is 0 Å². The molecule has 34 heavy (non-hydrogen) atoms. The van der Waals surface area contributed by atoms with Crippen molar-refractivity contribution in [2.24, 2.45) is 11.8 Å². The van der Waals surface area contributed by atoms with Crippen molar-refractivity contribution in [3.05, 3.63) is 34.9 Å². The number of hydrazine groups is 1. The van der Waals surface area contributed by atoms with Crippen LogP contribution in [0, 0.1) is 11.8 Å². The molecule has 0 aromatic heterocycles. The average Bonchev–Trinajstić information content (AvgIpc) is 3.53. The number of nitrogens with one attached hydrogen (secondary N) is 3. The molecule has 3 unspecified atom stereocenters. The molecule has 9 heteroatoms. The molecule has 8 nitrogen and oxygen atoms in total. The Labute approximate surface area is 207 Å². The molecule has 1 aromatic carbocycles. The van der Waals surface area contributed by atoms with E-state index in [-0.39, 0.29) is 35.6 Å². The summed E-state index contributed by atoms with van der Waals surface area (Å²) in [7, 11) is 0. The minimum atomic E-state index is -0.360. The van der Waals surface area contributed by atoms with E-state index in [4.69, 9.17) is 11.6 Å². The standard InChI is InChI=1S/C25H37ClN6O2/c1-25(2)21-20(22(29-28-21)27-23(33)18-5-7-19(26)8-6-18)16-32(25)24(34)31-13-9-17(10-14-31)15-30-11-3-4-12-30/h5-8,17,20-22,28-29H,3-4,9-16H2,1-2H3,(H,27,33). The predicted octanol–water partition coefficient (Wildman–Crippen LogP) is 2.51. The molecule has 3 atom stereocenters. The van der Waals surface area contributed by atoms with E-state index in [2.05, 4.69) is 34.9 Å². The average molecular weight is 489 g/mol. The monoisotopic (exact) mass is 488 g/mol. The lowest BCUT2D eigenvalue weighted by atomic mass is 9.90. The lowest BCUT2D eigenvalue weighted by Crippen LogP contribution is -2.58. The summed E-state index contributed by atoms with van der Waals surface area (Å²) in [4.78, 5) is 33.0. The van der Waals surface area contributed by atoms with E-state index in [0.717, 1.165) is 25.9 Å². The number of carbonyl (C=O) groups excluding carboxylic acids is 2. The van der Waals surface area contributed by atoms with Crippen LogP contribution in [0.3, 0.4) is 0 Å². The van der Waals surface area contributed by atoms with E-state index in [1.54, 1.807) is 24.3 Å². The van der Waals surface area contributed by atoms with Gasteiger partial charge in [0, 0.05) is 42.7 Å². The molecule has 4 fully saturated rings. The maximum absolute atomic E-state index is 13.6. The van der Waals surface area contributed by atoms with E-state index < -0.39 is 0 Å². The van der Waals surface area contributed by atoms with Gasteiger partial charge in [0.2, 0.25) is 0 Å². The first-order valence-corrected chi connectivity index (χ1v) is 13.1.